The van der Waals surface area contributed by atoms with Crippen LogP contribution in [0.3, 0.4) is 0 Å². The molecule has 4 heteroatoms. The van der Waals surface area contributed by atoms with Crippen LogP contribution in [0.2, 0.25) is 0 Å². The zero-order chi connectivity index (χ0) is 14.3. The van der Waals surface area contributed by atoms with E-state index in [9.17, 15) is 4.79 Å². The first-order valence-corrected chi connectivity index (χ1v) is 6.72. The molecule has 1 heterocycles. The van der Waals surface area contributed by atoms with Crippen LogP contribution in [0.4, 0.5) is 0 Å². The van der Waals surface area contributed by atoms with Crippen molar-refractivity contribution in [1.82, 2.24) is 9.88 Å². The van der Waals surface area contributed by atoms with Crippen LogP contribution in [-0.2, 0) is 11.3 Å². The van der Waals surface area contributed by atoms with Gasteiger partial charge in [0.1, 0.15) is 0 Å². The largest absolute Gasteiger partial charge is 0.481 e. The predicted octanol–water partition coefficient (Wildman–Crippen LogP) is 2.79. The molecule has 0 fully saturated rings. The lowest BCUT2D eigenvalue weighted by Gasteiger charge is -2.20. The highest BCUT2D eigenvalue weighted by Crippen LogP contribution is 2.23. The highest BCUT2D eigenvalue weighted by atomic mass is 16.4. The van der Waals surface area contributed by atoms with Gasteiger partial charge in [0, 0.05) is 18.9 Å². The number of hydrogen-bond acceptors (Lipinski definition) is 3. The van der Waals surface area contributed by atoms with Gasteiger partial charge in [-0.1, -0.05) is 12.5 Å². The summed E-state index contributed by atoms with van der Waals surface area (Å²) in [4.78, 5) is 17.3. The zero-order valence-corrected chi connectivity index (χ0v) is 12.1. The van der Waals surface area contributed by atoms with E-state index >= 15 is 0 Å². The van der Waals surface area contributed by atoms with E-state index in [1.54, 1.807) is 20.0 Å². The van der Waals surface area contributed by atoms with Crippen LogP contribution in [0.15, 0.2) is 24.5 Å². The average molecular weight is 264 g/mol. The minimum absolute atomic E-state index is 0.609. The summed E-state index contributed by atoms with van der Waals surface area (Å²) in [5.41, 5.74) is 0.595. The van der Waals surface area contributed by atoms with Gasteiger partial charge >= 0.3 is 5.97 Å². The Hall–Kier alpha value is -1.42. The van der Waals surface area contributed by atoms with Crippen molar-refractivity contribution in [3.05, 3.63) is 30.1 Å². The van der Waals surface area contributed by atoms with Crippen LogP contribution in [0.25, 0.3) is 0 Å². The second kappa shape index (κ2) is 7.24. The average Bonchev–Trinajstić information content (AvgIpc) is 2.36. The first kappa shape index (κ1) is 15.6. The van der Waals surface area contributed by atoms with E-state index in [0.29, 0.717) is 0 Å². The number of hydrogen-bond donors (Lipinski definition) is 1. The van der Waals surface area contributed by atoms with Crippen molar-refractivity contribution >= 4 is 5.97 Å². The van der Waals surface area contributed by atoms with Crippen molar-refractivity contribution in [2.45, 2.75) is 39.7 Å². The monoisotopic (exact) mass is 264 g/mol. The summed E-state index contributed by atoms with van der Waals surface area (Å²) >= 11 is 0. The van der Waals surface area contributed by atoms with E-state index in [0.717, 1.165) is 32.4 Å². The number of rotatable bonds is 8. The maximum Gasteiger partial charge on any atom is 0.309 e. The molecule has 1 aromatic heterocycles. The normalized spacial score (nSPS) is 11.8. The van der Waals surface area contributed by atoms with Crippen LogP contribution in [0.1, 0.15) is 38.7 Å². The van der Waals surface area contributed by atoms with E-state index in [-0.39, 0.29) is 0 Å². The first-order valence-electron chi connectivity index (χ1n) is 6.72. The van der Waals surface area contributed by atoms with Crippen molar-refractivity contribution in [3.63, 3.8) is 0 Å². The van der Waals surface area contributed by atoms with Gasteiger partial charge in [-0.15, -0.1) is 0 Å². The molecule has 0 radical (unpaired) electrons. The Morgan fingerprint density at radius 1 is 1.42 bits per heavy atom. The summed E-state index contributed by atoms with van der Waals surface area (Å²) in [5, 5.41) is 9.03. The molecule has 0 bridgehead atoms. The molecule has 0 saturated heterocycles. The van der Waals surface area contributed by atoms with Gasteiger partial charge in [0.05, 0.1) is 5.41 Å². The molecule has 1 rings (SSSR count). The summed E-state index contributed by atoms with van der Waals surface area (Å²) in [6, 6.07) is 4.01. The molecular weight excluding hydrogens is 240 g/mol. The molecule has 106 valence electrons. The molecule has 0 aromatic carbocycles. The van der Waals surface area contributed by atoms with E-state index in [1.807, 2.05) is 12.3 Å². The molecule has 1 N–H and O–H groups in total. The van der Waals surface area contributed by atoms with E-state index in [1.165, 1.54) is 5.56 Å². The standard InChI is InChI=1S/C15H24N2O2/c1-15(2,14(18)19)8-4-5-10-17(3)12-13-7-6-9-16-11-13/h6-7,9,11H,4-5,8,10,12H2,1-3H3,(H,18,19). The van der Waals surface area contributed by atoms with Crippen LogP contribution in [0.5, 0.6) is 0 Å². The van der Waals surface area contributed by atoms with Gasteiger partial charge in [0.15, 0.2) is 0 Å². The van der Waals surface area contributed by atoms with Crippen LogP contribution in [-0.4, -0.2) is 34.6 Å². The third kappa shape index (κ3) is 5.83. The van der Waals surface area contributed by atoms with Gasteiger partial charge in [-0.25, -0.2) is 0 Å². The summed E-state index contributed by atoms with van der Waals surface area (Å²) in [7, 11) is 2.08. The summed E-state index contributed by atoms with van der Waals surface area (Å²) in [5.74, 6) is -0.712. The zero-order valence-electron chi connectivity index (χ0n) is 12.1. The summed E-state index contributed by atoms with van der Waals surface area (Å²) in [6.45, 7) is 5.43. The number of carbonyl (C=O) groups is 1. The molecule has 0 aliphatic rings. The molecule has 0 atom stereocenters. The molecule has 19 heavy (non-hydrogen) atoms. The van der Waals surface area contributed by atoms with E-state index in [4.69, 9.17) is 5.11 Å². The maximum absolute atomic E-state index is 11.0. The fraction of sp³-hybridized carbons (Fsp3) is 0.600. The fourth-order valence-electron chi connectivity index (χ4n) is 1.94. The molecule has 1 aromatic rings. The van der Waals surface area contributed by atoms with E-state index < -0.39 is 11.4 Å². The first-order chi connectivity index (χ1) is 8.92. The Morgan fingerprint density at radius 3 is 2.74 bits per heavy atom. The van der Waals surface area contributed by atoms with Gasteiger partial charge in [-0.05, 0) is 51.9 Å². The summed E-state index contributed by atoms with van der Waals surface area (Å²) in [6.07, 6.45) is 6.34. The Morgan fingerprint density at radius 2 is 2.16 bits per heavy atom. The Labute approximate surface area is 115 Å². The highest BCUT2D eigenvalue weighted by Gasteiger charge is 2.25. The van der Waals surface area contributed by atoms with Crippen LogP contribution < -0.4 is 0 Å². The number of nitrogens with zero attached hydrogens (tertiary/aromatic N) is 2. The quantitative estimate of drug-likeness (QED) is 0.734. The molecule has 0 unspecified atom stereocenters. The second-order valence-electron chi connectivity index (χ2n) is 5.75. The summed E-state index contributed by atoms with van der Waals surface area (Å²) < 4.78 is 0. The van der Waals surface area contributed by atoms with Gasteiger partial charge < -0.3 is 10.0 Å². The number of pyridine rings is 1. The van der Waals surface area contributed by atoms with Gasteiger partial charge in [0.25, 0.3) is 0 Å². The van der Waals surface area contributed by atoms with Gasteiger partial charge in [-0.3, -0.25) is 9.78 Å². The van der Waals surface area contributed by atoms with Gasteiger partial charge in [-0.2, -0.15) is 0 Å². The number of unbranched alkanes of at least 4 members (excludes halogenated alkanes) is 1. The Kier molecular flexibility index (Phi) is 5.96. The Bertz CT molecular complexity index is 390. The van der Waals surface area contributed by atoms with Gasteiger partial charge in [0.2, 0.25) is 0 Å². The molecule has 4 nitrogen and oxygen atoms in total. The smallest absolute Gasteiger partial charge is 0.309 e. The predicted molar refractivity (Wildman–Crippen MR) is 75.8 cm³/mol. The van der Waals surface area contributed by atoms with E-state index in [2.05, 4.69) is 23.0 Å². The molecule has 0 aliphatic carbocycles. The number of aliphatic carboxylic acids is 1. The minimum Gasteiger partial charge on any atom is -0.481 e. The molecule has 0 amide bonds. The highest BCUT2D eigenvalue weighted by molar-refractivity contribution is 5.73. The third-order valence-corrected chi connectivity index (χ3v) is 3.35. The van der Waals surface area contributed by atoms with Crippen molar-refractivity contribution < 1.29 is 9.90 Å². The number of aromatic nitrogens is 1. The fourth-order valence-corrected chi connectivity index (χ4v) is 1.94. The van der Waals surface area contributed by atoms with Crippen molar-refractivity contribution in [3.8, 4) is 0 Å². The van der Waals surface area contributed by atoms with Crippen molar-refractivity contribution in [1.29, 1.82) is 0 Å². The second-order valence-corrected chi connectivity index (χ2v) is 5.75. The molecule has 0 aliphatic heterocycles. The molecule has 0 spiro atoms. The SMILES string of the molecule is CN(CCCCC(C)(C)C(=O)O)Cc1cccnc1. The number of carboxylic acids is 1. The Balaban J connectivity index is 2.21. The minimum atomic E-state index is -0.712. The lowest BCUT2D eigenvalue weighted by molar-refractivity contribution is -0.147. The topological polar surface area (TPSA) is 53.4 Å². The van der Waals surface area contributed by atoms with Crippen LogP contribution in [0, 0.1) is 5.41 Å². The van der Waals surface area contributed by atoms with Crippen molar-refractivity contribution in [2.75, 3.05) is 13.6 Å². The molecule has 0 saturated carbocycles. The van der Waals surface area contributed by atoms with Crippen LogP contribution >= 0.6 is 0 Å². The molecular formula is C15H24N2O2. The number of carboxylic acid groups (broad SMARTS) is 1. The maximum atomic E-state index is 11.0. The lowest BCUT2D eigenvalue weighted by Crippen LogP contribution is -2.24. The van der Waals surface area contributed by atoms with Crippen molar-refractivity contribution in [2.24, 2.45) is 5.41 Å². The lowest BCUT2D eigenvalue weighted by atomic mass is 9.87. The third-order valence-electron chi connectivity index (χ3n) is 3.35.